The predicted molar refractivity (Wildman–Crippen MR) is 109 cm³/mol. The molecule has 0 atom stereocenters. The smallest absolute Gasteiger partial charge is 0.257 e. The highest BCUT2D eigenvalue weighted by molar-refractivity contribution is 6.08. The van der Waals surface area contributed by atoms with Crippen LogP contribution in [0.4, 0.5) is 15.8 Å². The van der Waals surface area contributed by atoms with Crippen molar-refractivity contribution in [2.45, 2.75) is 20.0 Å². The molecule has 3 rings (SSSR count). The Morgan fingerprint density at radius 1 is 0.897 bits per heavy atom. The van der Waals surface area contributed by atoms with Gasteiger partial charge in [0.15, 0.2) is 0 Å². The molecule has 2 N–H and O–H groups in total. The monoisotopic (exact) mass is 393 g/mol. The third kappa shape index (κ3) is 5.16. The van der Waals surface area contributed by atoms with Crippen molar-refractivity contribution in [2.75, 3.05) is 10.6 Å². The van der Waals surface area contributed by atoms with Crippen molar-refractivity contribution in [2.24, 2.45) is 0 Å². The van der Waals surface area contributed by atoms with Gasteiger partial charge in [-0.05, 0) is 44.2 Å². The maximum atomic E-state index is 13.7. The van der Waals surface area contributed by atoms with Gasteiger partial charge in [-0.1, -0.05) is 24.3 Å². The second kappa shape index (κ2) is 8.97. The van der Waals surface area contributed by atoms with Crippen LogP contribution in [-0.2, 0) is 0 Å². The summed E-state index contributed by atoms with van der Waals surface area (Å²) in [6, 6.07) is 14.3. The average molecular weight is 393 g/mol. The van der Waals surface area contributed by atoms with Gasteiger partial charge >= 0.3 is 0 Å². The van der Waals surface area contributed by atoms with E-state index >= 15 is 0 Å². The van der Waals surface area contributed by atoms with Gasteiger partial charge in [-0.2, -0.15) is 0 Å². The van der Waals surface area contributed by atoms with Crippen LogP contribution in [0.1, 0.15) is 34.6 Å². The molecule has 3 aromatic rings. The Balaban J connectivity index is 1.76. The number of nitrogens with zero attached hydrogens (tertiary/aromatic N) is 1. The number of amides is 2. The van der Waals surface area contributed by atoms with Gasteiger partial charge in [-0.15, -0.1) is 0 Å². The van der Waals surface area contributed by atoms with Gasteiger partial charge in [0.25, 0.3) is 11.8 Å². The Morgan fingerprint density at radius 3 is 2.07 bits per heavy atom. The molecule has 1 aromatic heterocycles. The summed E-state index contributed by atoms with van der Waals surface area (Å²) in [5.41, 5.74) is 0.873. The van der Waals surface area contributed by atoms with E-state index in [0.29, 0.717) is 11.4 Å². The number of pyridine rings is 1. The summed E-state index contributed by atoms with van der Waals surface area (Å²) in [5.74, 6) is -1.03. The quantitative estimate of drug-likeness (QED) is 0.646. The zero-order valence-corrected chi connectivity index (χ0v) is 16.0. The standard InChI is InChI=1S/C22H20FN3O3/c1-14(2)29-20-10-6-5-9-19(20)26-22(28)16-11-15(12-24-13-16)21(27)25-18-8-4-3-7-17(18)23/h3-14H,1-2H3,(H,25,27)(H,26,28). The van der Waals surface area contributed by atoms with Crippen molar-refractivity contribution >= 4 is 23.2 Å². The number of benzene rings is 2. The zero-order chi connectivity index (χ0) is 20.8. The van der Waals surface area contributed by atoms with Gasteiger partial charge < -0.3 is 15.4 Å². The molecule has 0 saturated carbocycles. The van der Waals surface area contributed by atoms with E-state index < -0.39 is 17.6 Å². The SMILES string of the molecule is CC(C)Oc1ccccc1NC(=O)c1cncc(C(=O)Nc2ccccc2F)c1. The molecule has 0 aliphatic carbocycles. The molecule has 2 aromatic carbocycles. The van der Waals surface area contributed by atoms with E-state index in [2.05, 4.69) is 15.6 Å². The predicted octanol–water partition coefficient (Wildman–Crippen LogP) is 4.51. The van der Waals surface area contributed by atoms with Gasteiger partial charge in [-0.25, -0.2) is 4.39 Å². The molecule has 148 valence electrons. The molecular weight excluding hydrogens is 373 g/mol. The molecule has 0 spiro atoms. The van der Waals surface area contributed by atoms with Crippen LogP contribution in [0.3, 0.4) is 0 Å². The van der Waals surface area contributed by atoms with Gasteiger partial charge in [-0.3, -0.25) is 14.6 Å². The number of anilines is 2. The molecule has 0 aliphatic rings. The van der Waals surface area contributed by atoms with Crippen LogP contribution < -0.4 is 15.4 Å². The van der Waals surface area contributed by atoms with Gasteiger partial charge in [0.2, 0.25) is 0 Å². The number of hydrogen-bond donors (Lipinski definition) is 2. The van der Waals surface area contributed by atoms with E-state index in [1.54, 1.807) is 24.3 Å². The van der Waals surface area contributed by atoms with Gasteiger partial charge in [0, 0.05) is 12.4 Å². The van der Waals surface area contributed by atoms with Crippen LogP contribution in [0.25, 0.3) is 0 Å². The van der Waals surface area contributed by atoms with Crippen LogP contribution in [0.15, 0.2) is 67.0 Å². The molecule has 1 heterocycles. The van der Waals surface area contributed by atoms with Crippen LogP contribution in [0, 0.1) is 5.82 Å². The minimum absolute atomic E-state index is 0.0483. The van der Waals surface area contributed by atoms with Crippen LogP contribution in [-0.4, -0.2) is 22.9 Å². The lowest BCUT2D eigenvalue weighted by atomic mass is 10.1. The molecule has 0 radical (unpaired) electrons. The van der Waals surface area contributed by atoms with E-state index in [9.17, 15) is 14.0 Å². The number of rotatable bonds is 6. The number of nitrogens with one attached hydrogen (secondary N) is 2. The van der Waals surface area contributed by atoms with Crippen molar-refractivity contribution in [3.8, 4) is 5.75 Å². The summed E-state index contributed by atoms with van der Waals surface area (Å²) in [6.45, 7) is 3.78. The van der Waals surface area contributed by atoms with Crippen LogP contribution in [0.2, 0.25) is 0 Å². The second-order valence-electron chi connectivity index (χ2n) is 6.51. The van der Waals surface area contributed by atoms with E-state index in [0.717, 1.165) is 0 Å². The largest absolute Gasteiger partial charge is 0.489 e. The number of ether oxygens (including phenoxy) is 1. The Hall–Kier alpha value is -3.74. The maximum Gasteiger partial charge on any atom is 0.257 e. The minimum atomic E-state index is -0.569. The number of carbonyl (C=O) groups is 2. The number of halogens is 1. The highest BCUT2D eigenvalue weighted by Crippen LogP contribution is 2.25. The molecular formula is C22H20FN3O3. The van der Waals surface area contributed by atoms with Crippen molar-refractivity contribution < 1.29 is 18.7 Å². The Kier molecular flexibility index (Phi) is 6.19. The molecule has 2 amide bonds. The van der Waals surface area contributed by atoms with E-state index in [4.69, 9.17) is 4.74 Å². The number of carbonyl (C=O) groups excluding carboxylic acids is 2. The summed E-state index contributed by atoms with van der Waals surface area (Å²) < 4.78 is 19.4. The maximum absolute atomic E-state index is 13.7. The molecule has 6 nitrogen and oxygen atoms in total. The Labute approximate surface area is 167 Å². The van der Waals surface area contributed by atoms with E-state index in [1.165, 1.54) is 36.7 Å². The first-order valence-electron chi connectivity index (χ1n) is 9.02. The van der Waals surface area contributed by atoms with Crippen molar-refractivity contribution in [1.82, 2.24) is 4.98 Å². The number of para-hydroxylation sites is 3. The molecule has 0 unspecified atom stereocenters. The van der Waals surface area contributed by atoms with Crippen LogP contribution in [0.5, 0.6) is 5.75 Å². The second-order valence-corrected chi connectivity index (χ2v) is 6.51. The molecule has 7 heteroatoms. The molecule has 0 saturated heterocycles. The fourth-order valence-corrected chi connectivity index (χ4v) is 2.57. The molecule has 0 bridgehead atoms. The Morgan fingerprint density at radius 2 is 1.45 bits per heavy atom. The molecule has 29 heavy (non-hydrogen) atoms. The summed E-state index contributed by atoms with van der Waals surface area (Å²) >= 11 is 0. The third-order valence-electron chi connectivity index (χ3n) is 3.88. The molecule has 0 aliphatic heterocycles. The van der Waals surface area contributed by atoms with E-state index in [1.807, 2.05) is 19.9 Å². The lowest BCUT2D eigenvalue weighted by Crippen LogP contribution is -2.17. The number of hydrogen-bond acceptors (Lipinski definition) is 4. The zero-order valence-electron chi connectivity index (χ0n) is 16.0. The Bertz CT molecular complexity index is 1040. The first-order chi connectivity index (χ1) is 13.9. The fourth-order valence-electron chi connectivity index (χ4n) is 2.57. The first kappa shape index (κ1) is 20.0. The lowest BCUT2D eigenvalue weighted by molar-refractivity contribution is 0.102. The highest BCUT2D eigenvalue weighted by atomic mass is 19.1. The molecule has 0 fully saturated rings. The fraction of sp³-hybridized carbons (Fsp3) is 0.136. The topological polar surface area (TPSA) is 80.3 Å². The first-order valence-corrected chi connectivity index (χ1v) is 9.02. The summed E-state index contributed by atoms with van der Waals surface area (Å²) in [6.07, 6.45) is 2.60. The third-order valence-corrected chi connectivity index (χ3v) is 3.88. The summed E-state index contributed by atoms with van der Waals surface area (Å²) in [4.78, 5) is 29.0. The number of aromatic nitrogens is 1. The van der Waals surface area contributed by atoms with Crippen molar-refractivity contribution in [1.29, 1.82) is 0 Å². The highest BCUT2D eigenvalue weighted by Gasteiger charge is 2.15. The minimum Gasteiger partial charge on any atom is -0.489 e. The summed E-state index contributed by atoms with van der Waals surface area (Å²) in [5, 5.41) is 5.23. The normalized spacial score (nSPS) is 10.5. The van der Waals surface area contributed by atoms with E-state index in [-0.39, 0.29) is 22.9 Å². The van der Waals surface area contributed by atoms with Gasteiger partial charge in [0.05, 0.1) is 28.6 Å². The summed E-state index contributed by atoms with van der Waals surface area (Å²) in [7, 11) is 0. The lowest BCUT2D eigenvalue weighted by Gasteiger charge is -2.15. The van der Waals surface area contributed by atoms with Crippen LogP contribution >= 0.6 is 0 Å². The average Bonchev–Trinajstić information content (AvgIpc) is 2.71. The van der Waals surface area contributed by atoms with Crippen molar-refractivity contribution in [3.63, 3.8) is 0 Å². The van der Waals surface area contributed by atoms with Crippen molar-refractivity contribution in [3.05, 3.63) is 83.9 Å². The van der Waals surface area contributed by atoms with Gasteiger partial charge in [0.1, 0.15) is 11.6 Å².